The lowest BCUT2D eigenvalue weighted by Gasteiger charge is -1.97. The summed E-state index contributed by atoms with van der Waals surface area (Å²) < 4.78 is 0. The van der Waals surface area contributed by atoms with Gasteiger partial charge in [-0.2, -0.15) is 0 Å². The summed E-state index contributed by atoms with van der Waals surface area (Å²) in [7, 11) is 0. The Bertz CT molecular complexity index is 334. The molecule has 0 saturated heterocycles. The van der Waals surface area contributed by atoms with Gasteiger partial charge in [0.25, 0.3) is 0 Å². The Morgan fingerprint density at radius 3 is 2.92 bits per heavy atom. The van der Waals surface area contributed by atoms with Crippen LogP contribution in [0.2, 0.25) is 5.15 Å². The van der Waals surface area contributed by atoms with E-state index in [4.69, 9.17) is 11.6 Å². The smallest absolute Gasteiger partial charge is 0.136 e. The van der Waals surface area contributed by atoms with Crippen LogP contribution >= 0.6 is 11.6 Å². The molecule has 0 radical (unpaired) electrons. The highest BCUT2D eigenvalue weighted by Crippen LogP contribution is 2.14. The van der Waals surface area contributed by atoms with E-state index >= 15 is 0 Å². The fourth-order valence-electron chi connectivity index (χ4n) is 0.911. The predicted molar refractivity (Wildman–Crippen MR) is 53.7 cm³/mol. The summed E-state index contributed by atoms with van der Waals surface area (Å²) in [4.78, 5) is 14.1. The third-order valence-electron chi connectivity index (χ3n) is 1.55. The molecule has 0 spiro atoms. The highest BCUT2D eigenvalue weighted by molar-refractivity contribution is 6.30. The maximum Gasteiger partial charge on any atom is 0.136 e. The first-order valence-electron chi connectivity index (χ1n) is 3.97. The predicted octanol–water partition coefficient (Wildman–Crippen LogP) is 2.65. The van der Waals surface area contributed by atoms with Gasteiger partial charge in [0, 0.05) is 17.7 Å². The number of carbonyl (C=O) groups is 1. The van der Waals surface area contributed by atoms with Crippen molar-refractivity contribution < 1.29 is 4.79 Å². The Hall–Kier alpha value is -1.15. The standard InChI is InChI=1S/C10H10ClNO/c1-8-5-6-9(10(11)12-8)4-2-3-7-13/h2,4-7H,3H2,1H3. The van der Waals surface area contributed by atoms with Gasteiger partial charge in [-0.1, -0.05) is 29.8 Å². The summed E-state index contributed by atoms with van der Waals surface area (Å²) in [6.45, 7) is 1.88. The first-order valence-corrected chi connectivity index (χ1v) is 4.35. The normalized spacial score (nSPS) is 10.6. The molecule has 0 unspecified atom stereocenters. The second-order valence-corrected chi connectivity index (χ2v) is 3.00. The number of aromatic nitrogens is 1. The number of aldehydes is 1. The Morgan fingerprint density at radius 1 is 1.54 bits per heavy atom. The Labute approximate surface area is 82.3 Å². The minimum absolute atomic E-state index is 0.407. The molecule has 0 bridgehead atoms. The zero-order chi connectivity index (χ0) is 9.68. The summed E-state index contributed by atoms with van der Waals surface area (Å²) in [6, 6.07) is 3.76. The fraction of sp³-hybridized carbons (Fsp3) is 0.200. The van der Waals surface area contributed by atoms with Gasteiger partial charge < -0.3 is 4.79 Å². The molecule has 2 nitrogen and oxygen atoms in total. The van der Waals surface area contributed by atoms with E-state index < -0.39 is 0 Å². The van der Waals surface area contributed by atoms with Crippen LogP contribution in [0.5, 0.6) is 0 Å². The molecule has 0 atom stereocenters. The summed E-state index contributed by atoms with van der Waals surface area (Å²) in [6.07, 6.45) is 4.80. The van der Waals surface area contributed by atoms with Crippen molar-refractivity contribution in [3.63, 3.8) is 0 Å². The van der Waals surface area contributed by atoms with Crippen molar-refractivity contribution in [1.29, 1.82) is 0 Å². The number of nitrogens with zero attached hydrogens (tertiary/aromatic N) is 1. The third kappa shape index (κ3) is 2.99. The van der Waals surface area contributed by atoms with Crippen LogP contribution in [-0.4, -0.2) is 11.3 Å². The second kappa shape index (κ2) is 4.77. The number of hydrogen-bond donors (Lipinski definition) is 0. The van der Waals surface area contributed by atoms with E-state index in [-0.39, 0.29) is 0 Å². The first-order chi connectivity index (χ1) is 6.24. The van der Waals surface area contributed by atoms with Gasteiger partial charge >= 0.3 is 0 Å². The molecular weight excluding hydrogens is 186 g/mol. The van der Waals surface area contributed by atoms with E-state index in [1.807, 2.05) is 19.1 Å². The van der Waals surface area contributed by atoms with Crippen molar-refractivity contribution in [2.24, 2.45) is 0 Å². The van der Waals surface area contributed by atoms with Gasteiger partial charge in [-0.25, -0.2) is 4.98 Å². The second-order valence-electron chi connectivity index (χ2n) is 2.64. The van der Waals surface area contributed by atoms with Gasteiger partial charge in [0.05, 0.1) is 0 Å². The van der Waals surface area contributed by atoms with E-state index in [1.165, 1.54) is 0 Å². The highest BCUT2D eigenvalue weighted by Gasteiger charge is 1.96. The van der Waals surface area contributed by atoms with E-state index in [1.54, 1.807) is 12.2 Å². The number of hydrogen-bond acceptors (Lipinski definition) is 2. The number of aryl methyl sites for hydroxylation is 1. The van der Waals surface area contributed by atoms with Crippen molar-refractivity contribution in [2.45, 2.75) is 13.3 Å². The molecule has 0 aliphatic carbocycles. The zero-order valence-corrected chi connectivity index (χ0v) is 8.08. The molecule has 68 valence electrons. The van der Waals surface area contributed by atoms with Crippen LogP contribution < -0.4 is 0 Å². The summed E-state index contributed by atoms with van der Waals surface area (Å²) in [5.74, 6) is 0. The highest BCUT2D eigenvalue weighted by atomic mass is 35.5. The minimum atomic E-state index is 0.407. The quantitative estimate of drug-likeness (QED) is 0.548. The summed E-state index contributed by atoms with van der Waals surface area (Å²) >= 11 is 5.86. The van der Waals surface area contributed by atoms with Gasteiger partial charge in [-0.15, -0.1) is 0 Å². The van der Waals surface area contributed by atoms with Gasteiger partial charge in [-0.3, -0.25) is 0 Å². The van der Waals surface area contributed by atoms with Crippen LogP contribution in [0.3, 0.4) is 0 Å². The summed E-state index contributed by atoms with van der Waals surface area (Å²) in [5.41, 5.74) is 1.73. The van der Waals surface area contributed by atoms with E-state index in [2.05, 4.69) is 4.98 Å². The molecule has 0 amide bonds. The zero-order valence-electron chi connectivity index (χ0n) is 7.33. The lowest BCUT2D eigenvalue weighted by atomic mass is 10.2. The Morgan fingerprint density at radius 2 is 2.31 bits per heavy atom. The number of carbonyl (C=O) groups excluding carboxylic acids is 1. The van der Waals surface area contributed by atoms with Crippen LogP contribution in [0.15, 0.2) is 18.2 Å². The van der Waals surface area contributed by atoms with Crippen LogP contribution in [0, 0.1) is 6.92 Å². The Kier molecular flexibility index (Phi) is 3.65. The average Bonchev–Trinajstić information content (AvgIpc) is 2.09. The molecule has 0 aliphatic rings. The van der Waals surface area contributed by atoms with Crippen molar-refractivity contribution in [3.8, 4) is 0 Å². The molecule has 1 aromatic rings. The van der Waals surface area contributed by atoms with Gasteiger partial charge in [0.1, 0.15) is 11.4 Å². The van der Waals surface area contributed by atoms with Gasteiger partial charge in [0.15, 0.2) is 0 Å². The fourth-order valence-corrected chi connectivity index (χ4v) is 1.17. The van der Waals surface area contributed by atoms with Crippen molar-refractivity contribution in [3.05, 3.63) is 34.6 Å². The molecule has 1 rings (SSSR count). The molecule has 1 heterocycles. The molecule has 0 aliphatic heterocycles. The van der Waals surface area contributed by atoms with E-state index in [9.17, 15) is 4.79 Å². The molecule has 0 N–H and O–H groups in total. The minimum Gasteiger partial charge on any atom is -0.303 e. The Balaban J connectivity index is 2.83. The number of allylic oxidation sites excluding steroid dienone is 1. The molecule has 1 aromatic heterocycles. The topological polar surface area (TPSA) is 30.0 Å². The van der Waals surface area contributed by atoms with Crippen molar-refractivity contribution >= 4 is 24.0 Å². The molecule has 0 aromatic carbocycles. The molecule has 0 fully saturated rings. The van der Waals surface area contributed by atoms with Gasteiger partial charge in [-0.05, 0) is 13.0 Å². The average molecular weight is 196 g/mol. The molecular formula is C10H10ClNO. The van der Waals surface area contributed by atoms with Gasteiger partial charge in [0.2, 0.25) is 0 Å². The number of pyridine rings is 1. The molecule has 0 saturated carbocycles. The number of rotatable bonds is 3. The lowest BCUT2D eigenvalue weighted by molar-refractivity contribution is -0.107. The lowest BCUT2D eigenvalue weighted by Crippen LogP contribution is -1.84. The van der Waals surface area contributed by atoms with Crippen LogP contribution in [0.4, 0.5) is 0 Å². The van der Waals surface area contributed by atoms with E-state index in [0.717, 1.165) is 17.5 Å². The monoisotopic (exact) mass is 195 g/mol. The van der Waals surface area contributed by atoms with E-state index in [0.29, 0.717) is 11.6 Å². The molecule has 3 heteroatoms. The largest absolute Gasteiger partial charge is 0.303 e. The SMILES string of the molecule is Cc1ccc(C=CCC=O)c(Cl)n1. The third-order valence-corrected chi connectivity index (χ3v) is 1.85. The van der Waals surface area contributed by atoms with Crippen LogP contribution in [0.25, 0.3) is 6.08 Å². The first kappa shape index (κ1) is 9.93. The van der Waals surface area contributed by atoms with Crippen molar-refractivity contribution in [2.75, 3.05) is 0 Å². The van der Waals surface area contributed by atoms with Crippen LogP contribution in [-0.2, 0) is 4.79 Å². The maximum atomic E-state index is 10.0. The number of halogens is 1. The maximum absolute atomic E-state index is 10.0. The van der Waals surface area contributed by atoms with Crippen LogP contribution in [0.1, 0.15) is 17.7 Å². The van der Waals surface area contributed by atoms with Crippen molar-refractivity contribution in [1.82, 2.24) is 4.98 Å². The molecule has 13 heavy (non-hydrogen) atoms. The summed E-state index contributed by atoms with van der Waals surface area (Å²) in [5, 5.41) is 0.474.